The zero-order valence-electron chi connectivity index (χ0n) is 15.4. The van der Waals surface area contributed by atoms with Crippen molar-refractivity contribution < 1.29 is 13.6 Å². The SMILES string of the molecule is CC[C@H](Cc1ccco1)C(=O)N(c1nc(-c2cc(F)ccc2Cl)cs1)C1CC1. The Bertz CT molecular complexity index is 969. The Labute approximate surface area is 172 Å². The van der Waals surface area contributed by atoms with E-state index < -0.39 is 0 Å². The van der Waals surface area contributed by atoms with Crippen molar-refractivity contribution in [1.29, 1.82) is 0 Å². The maximum atomic E-state index is 13.6. The van der Waals surface area contributed by atoms with Gasteiger partial charge in [0.05, 0.1) is 17.0 Å². The van der Waals surface area contributed by atoms with Crippen molar-refractivity contribution in [1.82, 2.24) is 4.98 Å². The molecule has 0 N–H and O–H groups in total. The second kappa shape index (κ2) is 8.05. The summed E-state index contributed by atoms with van der Waals surface area (Å²) in [4.78, 5) is 19.8. The van der Waals surface area contributed by atoms with Crippen molar-refractivity contribution >= 4 is 34.0 Å². The van der Waals surface area contributed by atoms with Crippen LogP contribution >= 0.6 is 22.9 Å². The summed E-state index contributed by atoms with van der Waals surface area (Å²) in [5.74, 6) is 0.334. The number of hydrogen-bond acceptors (Lipinski definition) is 4. The fourth-order valence-corrected chi connectivity index (χ4v) is 4.34. The third-order valence-electron chi connectivity index (χ3n) is 4.92. The van der Waals surface area contributed by atoms with Crippen molar-refractivity contribution in [2.24, 2.45) is 5.92 Å². The number of thiazole rings is 1. The van der Waals surface area contributed by atoms with Gasteiger partial charge in [-0.3, -0.25) is 9.69 Å². The van der Waals surface area contributed by atoms with Crippen LogP contribution < -0.4 is 4.90 Å². The smallest absolute Gasteiger partial charge is 0.232 e. The third kappa shape index (κ3) is 3.98. The number of hydrogen-bond donors (Lipinski definition) is 0. The Hall–Kier alpha value is -2.18. The third-order valence-corrected chi connectivity index (χ3v) is 6.09. The minimum atomic E-state index is -0.367. The van der Waals surface area contributed by atoms with Gasteiger partial charge in [0.15, 0.2) is 5.13 Å². The number of nitrogens with zero attached hydrogens (tertiary/aromatic N) is 2. The van der Waals surface area contributed by atoms with Crippen molar-refractivity contribution in [3.05, 3.63) is 58.6 Å². The number of amides is 1. The van der Waals surface area contributed by atoms with Crippen molar-refractivity contribution in [2.75, 3.05) is 4.90 Å². The van der Waals surface area contributed by atoms with Crippen LogP contribution in [-0.4, -0.2) is 16.9 Å². The van der Waals surface area contributed by atoms with Gasteiger partial charge in [0, 0.05) is 29.3 Å². The van der Waals surface area contributed by atoms with Gasteiger partial charge in [0.1, 0.15) is 11.6 Å². The monoisotopic (exact) mass is 418 g/mol. The first-order valence-electron chi connectivity index (χ1n) is 9.33. The molecule has 3 aromatic rings. The normalized spacial score (nSPS) is 14.8. The zero-order valence-corrected chi connectivity index (χ0v) is 17.0. The molecule has 7 heteroatoms. The van der Waals surface area contributed by atoms with Gasteiger partial charge in [-0.1, -0.05) is 18.5 Å². The second-order valence-corrected chi connectivity index (χ2v) is 8.21. The number of aromatic nitrogens is 1. The molecular weight excluding hydrogens is 399 g/mol. The fraction of sp³-hybridized carbons (Fsp3) is 0.333. The van der Waals surface area contributed by atoms with Gasteiger partial charge in [0.2, 0.25) is 5.91 Å². The summed E-state index contributed by atoms with van der Waals surface area (Å²) in [7, 11) is 0. The van der Waals surface area contributed by atoms with E-state index in [0.29, 0.717) is 27.8 Å². The molecule has 1 amide bonds. The van der Waals surface area contributed by atoms with E-state index in [-0.39, 0.29) is 23.7 Å². The molecule has 2 heterocycles. The molecule has 1 aliphatic carbocycles. The molecule has 1 aliphatic rings. The zero-order chi connectivity index (χ0) is 19.7. The molecule has 1 atom stereocenters. The number of halogens is 2. The van der Waals surface area contributed by atoms with Gasteiger partial charge >= 0.3 is 0 Å². The number of carbonyl (C=O) groups is 1. The Morgan fingerprint density at radius 2 is 2.25 bits per heavy atom. The van der Waals surface area contributed by atoms with E-state index in [1.807, 2.05) is 29.3 Å². The molecule has 28 heavy (non-hydrogen) atoms. The summed E-state index contributed by atoms with van der Waals surface area (Å²) in [6.07, 6.45) is 4.86. The molecule has 0 bridgehead atoms. The van der Waals surface area contributed by atoms with E-state index in [2.05, 4.69) is 4.98 Å². The van der Waals surface area contributed by atoms with Crippen LogP contribution in [0.4, 0.5) is 9.52 Å². The van der Waals surface area contributed by atoms with Crippen LogP contribution in [0.25, 0.3) is 11.3 Å². The molecule has 4 nitrogen and oxygen atoms in total. The molecule has 146 valence electrons. The lowest BCUT2D eigenvalue weighted by atomic mass is 9.99. The topological polar surface area (TPSA) is 46.3 Å². The van der Waals surface area contributed by atoms with Crippen molar-refractivity contribution in [3.8, 4) is 11.3 Å². The molecule has 0 radical (unpaired) electrons. The summed E-state index contributed by atoms with van der Waals surface area (Å²) in [6, 6.07) is 8.12. The Kier molecular flexibility index (Phi) is 5.51. The first-order chi connectivity index (χ1) is 13.6. The number of carbonyl (C=O) groups excluding carboxylic acids is 1. The van der Waals surface area contributed by atoms with E-state index in [9.17, 15) is 9.18 Å². The molecule has 1 aromatic carbocycles. The lowest BCUT2D eigenvalue weighted by Gasteiger charge is -2.24. The second-order valence-electron chi connectivity index (χ2n) is 6.97. The lowest BCUT2D eigenvalue weighted by molar-refractivity contribution is -0.122. The Morgan fingerprint density at radius 3 is 2.93 bits per heavy atom. The maximum absolute atomic E-state index is 13.6. The van der Waals surface area contributed by atoms with E-state index in [4.69, 9.17) is 16.0 Å². The van der Waals surface area contributed by atoms with Gasteiger partial charge < -0.3 is 4.42 Å². The number of benzene rings is 1. The molecule has 1 fully saturated rings. The van der Waals surface area contributed by atoms with Crippen LogP contribution in [0.5, 0.6) is 0 Å². The summed E-state index contributed by atoms with van der Waals surface area (Å²) in [5, 5.41) is 2.90. The highest BCUT2D eigenvalue weighted by molar-refractivity contribution is 7.14. The van der Waals surface area contributed by atoms with Crippen LogP contribution in [0, 0.1) is 11.7 Å². The van der Waals surface area contributed by atoms with Gasteiger partial charge in [-0.25, -0.2) is 9.37 Å². The molecule has 4 rings (SSSR count). The molecule has 0 aliphatic heterocycles. The minimum Gasteiger partial charge on any atom is -0.469 e. The van der Waals surface area contributed by atoms with Gasteiger partial charge in [-0.15, -0.1) is 11.3 Å². The van der Waals surface area contributed by atoms with Gasteiger partial charge in [-0.05, 0) is 49.6 Å². The molecule has 2 aromatic heterocycles. The van der Waals surface area contributed by atoms with Crippen LogP contribution in [0.1, 0.15) is 31.9 Å². The first kappa shape index (κ1) is 19.2. The average Bonchev–Trinajstić information content (AvgIpc) is 3.17. The maximum Gasteiger partial charge on any atom is 0.232 e. The predicted molar refractivity (Wildman–Crippen MR) is 109 cm³/mol. The minimum absolute atomic E-state index is 0.0626. The molecule has 0 saturated heterocycles. The van der Waals surface area contributed by atoms with Gasteiger partial charge in [0.25, 0.3) is 0 Å². The number of rotatable bonds is 7. The lowest BCUT2D eigenvalue weighted by Crippen LogP contribution is -2.38. The van der Waals surface area contributed by atoms with E-state index >= 15 is 0 Å². The van der Waals surface area contributed by atoms with Crippen LogP contribution in [0.15, 0.2) is 46.4 Å². The highest BCUT2D eigenvalue weighted by Gasteiger charge is 2.38. The number of furan rings is 1. The average molecular weight is 419 g/mol. The molecule has 1 saturated carbocycles. The largest absolute Gasteiger partial charge is 0.469 e. The van der Waals surface area contributed by atoms with Crippen molar-refractivity contribution in [3.63, 3.8) is 0 Å². The standard InChI is InChI=1S/C21H20ClFN2O2S/c1-2-13(10-16-4-3-9-27-16)20(26)25(15-6-7-15)21-24-19(12-28-21)17-11-14(23)5-8-18(17)22/h3-5,8-9,11-13,15H,2,6-7,10H2,1H3/t13-/m1/s1. The Morgan fingerprint density at radius 1 is 1.43 bits per heavy atom. The highest BCUT2D eigenvalue weighted by atomic mass is 35.5. The summed E-state index contributed by atoms with van der Waals surface area (Å²) in [5.41, 5.74) is 1.12. The van der Waals surface area contributed by atoms with Gasteiger partial charge in [-0.2, -0.15) is 0 Å². The van der Waals surface area contributed by atoms with E-state index in [0.717, 1.165) is 25.0 Å². The van der Waals surface area contributed by atoms with E-state index in [1.165, 1.54) is 29.5 Å². The quantitative estimate of drug-likeness (QED) is 0.475. The molecule has 0 spiro atoms. The molecular formula is C21H20ClFN2O2S. The van der Waals surface area contributed by atoms with Crippen LogP contribution in [-0.2, 0) is 11.2 Å². The van der Waals surface area contributed by atoms with E-state index in [1.54, 1.807) is 6.26 Å². The predicted octanol–water partition coefficient (Wildman–Crippen LogP) is 5.96. The Balaban J connectivity index is 1.61. The fourth-order valence-electron chi connectivity index (χ4n) is 3.23. The van der Waals surface area contributed by atoms with Crippen molar-refractivity contribution in [2.45, 2.75) is 38.6 Å². The summed E-state index contributed by atoms with van der Waals surface area (Å²) < 4.78 is 19.1. The van der Waals surface area contributed by atoms with Crippen LogP contribution in [0.2, 0.25) is 5.02 Å². The summed E-state index contributed by atoms with van der Waals surface area (Å²) in [6.45, 7) is 2.01. The molecule has 0 unspecified atom stereocenters. The van der Waals surface area contributed by atoms with Crippen LogP contribution in [0.3, 0.4) is 0 Å². The number of anilines is 1. The summed E-state index contributed by atoms with van der Waals surface area (Å²) >= 11 is 7.61. The first-order valence-corrected chi connectivity index (χ1v) is 10.6. The highest BCUT2D eigenvalue weighted by Crippen LogP contribution is 2.38.